The van der Waals surface area contributed by atoms with E-state index in [1.165, 1.54) is 5.56 Å². The van der Waals surface area contributed by atoms with Gasteiger partial charge in [-0.3, -0.25) is 4.99 Å². The van der Waals surface area contributed by atoms with Crippen LogP contribution in [0.2, 0.25) is 0 Å². The van der Waals surface area contributed by atoms with Crippen molar-refractivity contribution in [3.05, 3.63) is 29.3 Å². The van der Waals surface area contributed by atoms with Crippen molar-refractivity contribution in [2.75, 3.05) is 26.8 Å². The monoisotopic (exact) mass is 319 g/mol. The molecule has 1 aliphatic heterocycles. The number of rotatable bonds is 6. The number of benzene rings is 1. The van der Waals surface area contributed by atoms with Gasteiger partial charge in [-0.2, -0.15) is 0 Å². The first kappa shape index (κ1) is 17.6. The van der Waals surface area contributed by atoms with E-state index in [-0.39, 0.29) is 11.5 Å². The van der Waals surface area contributed by atoms with Crippen LogP contribution in [0.3, 0.4) is 0 Å². The molecule has 128 valence electrons. The van der Waals surface area contributed by atoms with Crippen LogP contribution in [-0.2, 0) is 11.3 Å². The lowest BCUT2D eigenvalue weighted by molar-refractivity contribution is -0.0971. The summed E-state index contributed by atoms with van der Waals surface area (Å²) in [4.78, 5) is 4.29. The van der Waals surface area contributed by atoms with E-state index < -0.39 is 0 Å². The Labute approximate surface area is 139 Å². The van der Waals surface area contributed by atoms with E-state index in [2.05, 4.69) is 47.7 Å². The van der Waals surface area contributed by atoms with Crippen LogP contribution in [0.4, 0.5) is 0 Å². The zero-order valence-corrected chi connectivity index (χ0v) is 14.9. The Morgan fingerprint density at radius 3 is 2.65 bits per heavy atom. The van der Waals surface area contributed by atoms with Crippen LogP contribution in [0.25, 0.3) is 0 Å². The standard InChI is InChI=1S/C18H29N3O2/c1-13(2)23-16-8-14(3)6-7-15(16)9-20-17(19-5)21-10-18(4)11-22-12-18/h6-8,13H,9-12H2,1-5H3,(H2,19,20,21). The average Bonchev–Trinajstić information content (AvgIpc) is 2.46. The SMILES string of the molecule is CN=C(NCc1ccc(C)cc1OC(C)C)NCC1(C)COC1. The first-order valence-corrected chi connectivity index (χ1v) is 8.20. The van der Waals surface area contributed by atoms with Gasteiger partial charge < -0.3 is 20.1 Å². The molecule has 2 rings (SSSR count). The van der Waals surface area contributed by atoms with Gasteiger partial charge in [-0.05, 0) is 32.4 Å². The van der Waals surface area contributed by atoms with Crippen LogP contribution < -0.4 is 15.4 Å². The molecule has 5 heteroatoms. The van der Waals surface area contributed by atoms with Gasteiger partial charge in [0.2, 0.25) is 0 Å². The van der Waals surface area contributed by atoms with Crippen molar-refractivity contribution in [1.82, 2.24) is 10.6 Å². The first-order chi connectivity index (χ1) is 10.9. The molecule has 0 amide bonds. The molecule has 1 aromatic rings. The van der Waals surface area contributed by atoms with Crippen molar-refractivity contribution in [2.24, 2.45) is 10.4 Å². The number of nitrogens with one attached hydrogen (secondary N) is 2. The maximum Gasteiger partial charge on any atom is 0.191 e. The fourth-order valence-electron chi connectivity index (χ4n) is 2.42. The predicted octanol–water partition coefficient (Wildman–Crippen LogP) is 2.48. The number of ether oxygens (including phenoxy) is 2. The van der Waals surface area contributed by atoms with Crippen molar-refractivity contribution < 1.29 is 9.47 Å². The molecule has 0 unspecified atom stereocenters. The van der Waals surface area contributed by atoms with Gasteiger partial charge in [0.1, 0.15) is 5.75 Å². The molecule has 0 aliphatic carbocycles. The van der Waals surface area contributed by atoms with Crippen LogP contribution in [0.1, 0.15) is 31.9 Å². The summed E-state index contributed by atoms with van der Waals surface area (Å²) < 4.78 is 11.2. The maximum atomic E-state index is 5.92. The van der Waals surface area contributed by atoms with Crippen molar-refractivity contribution in [1.29, 1.82) is 0 Å². The lowest BCUT2D eigenvalue weighted by Gasteiger charge is -2.38. The summed E-state index contributed by atoms with van der Waals surface area (Å²) in [5, 5.41) is 6.73. The molecule has 0 aromatic heterocycles. The molecule has 1 aromatic carbocycles. The quantitative estimate of drug-likeness (QED) is 0.625. The van der Waals surface area contributed by atoms with Gasteiger partial charge >= 0.3 is 0 Å². The molecule has 0 saturated carbocycles. The highest BCUT2D eigenvalue weighted by molar-refractivity contribution is 5.79. The third kappa shape index (κ3) is 5.13. The van der Waals surface area contributed by atoms with Gasteiger partial charge in [0.15, 0.2) is 5.96 Å². The van der Waals surface area contributed by atoms with Crippen molar-refractivity contribution in [3.8, 4) is 5.75 Å². The van der Waals surface area contributed by atoms with E-state index in [0.717, 1.165) is 37.0 Å². The van der Waals surface area contributed by atoms with E-state index in [4.69, 9.17) is 9.47 Å². The van der Waals surface area contributed by atoms with Gasteiger partial charge in [0, 0.05) is 31.1 Å². The van der Waals surface area contributed by atoms with Crippen LogP contribution in [0.15, 0.2) is 23.2 Å². The normalized spacial score (nSPS) is 16.9. The minimum atomic E-state index is 0.159. The Hall–Kier alpha value is -1.75. The molecule has 0 spiro atoms. The van der Waals surface area contributed by atoms with Crippen LogP contribution in [-0.4, -0.2) is 38.9 Å². The second-order valence-corrected chi connectivity index (χ2v) is 6.86. The Bertz CT molecular complexity index is 551. The molecule has 0 atom stereocenters. The molecule has 5 nitrogen and oxygen atoms in total. The molecule has 0 bridgehead atoms. The van der Waals surface area contributed by atoms with E-state index >= 15 is 0 Å². The van der Waals surface area contributed by atoms with Crippen molar-refractivity contribution >= 4 is 5.96 Å². The summed E-state index contributed by atoms with van der Waals surface area (Å²) in [6, 6.07) is 6.29. The minimum absolute atomic E-state index is 0.159. The maximum absolute atomic E-state index is 5.92. The minimum Gasteiger partial charge on any atom is -0.491 e. The van der Waals surface area contributed by atoms with Crippen LogP contribution >= 0.6 is 0 Å². The van der Waals surface area contributed by atoms with E-state index in [1.54, 1.807) is 7.05 Å². The topological polar surface area (TPSA) is 54.9 Å². The molecule has 1 saturated heterocycles. The molecule has 2 N–H and O–H groups in total. The lowest BCUT2D eigenvalue weighted by Crippen LogP contribution is -2.50. The van der Waals surface area contributed by atoms with Crippen molar-refractivity contribution in [3.63, 3.8) is 0 Å². The number of guanidine groups is 1. The fraction of sp³-hybridized carbons (Fsp3) is 0.611. The fourth-order valence-corrected chi connectivity index (χ4v) is 2.42. The largest absolute Gasteiger partial charge is 0.491 e. The summed E-state index contributed by atoms with van der Waals surface area (Å²) in [7, 11) is 1.79. The number of hydrogen-bond donors (Lipinski definition) is 2. The first-order valence-electron chi connectivity index (χ1n) is 8.20. The molecule has 23 heavy (non-hydrogen) atoms. The van der Waals surface area contributed by atoms with Crippen LogP contribution in [0, 0.1) is 12.3 Å². The number of nitrogens with zero attached hydrogens (tertiary/aromatic N) is 1. The Kier molecular flexibility index (Phi) is 5.88. The number of aliphatic imine (C=N–C) groups is 1. The van der Waals surface area contributed by atoms with Gasteiger partial charge in [-0.1, -0.05) is 19.1 Å². The molecule has 0 radical (unpaired) electrons. The third-order valence-corrected chi connectivity index (χ3v) is 3.84. The average molecular weight is 319 g/mol. The number of hydrogen-bond acceptors (Lipinski definition) is 3. The van der Waals surface area contributed by atoms with E-state index in [9.17, 15) is 0 Å². The number of aryl methyl sites for hydroxylation is 1. The van der Waals surface area contributed by atoms with Gasteiger partial charge in [0.25, 0.3) is 0 Å². The molecular formula is C18H29N3O2. The molecular weight excluding hydrogens is 290 g/mol. The summed E-state index contributed by atoms with van der Waals surface area (Å²) >= 11 is 0. The molecule has 1 aliphatic rings. The zero-order valence-electron chi connectivity index (χ0n) is 14.9. The summed E-state index contributed by atoms with van der Waals surface area (Å²) in [5.41, 5.74) is 2.54. The van der Waals surface area contributed by atoms with Crippen molar-refractivity contribution in [2.45, 2.75) is 40.3 Å². The Morgan fingerprint density at radius 2 is 2.09 bits per heavy atom. The second kappa shape index (κ2) is 7.68. The molecule has 1 fully saturated rings. The van der Waals surface area contributed by atoms with E-state index in [1.807, 2.05) is 13.8 Å². The smallest absolute Gasteiger partial charge is 0.191 e. The Balaban J connectivity index is 1.93. The summed E-state index contributed by atoms with van der Waals surface area (Å²) in [6.45, 7) is 11.5. The summed E-state index contributed by atoms with van der Waals surface area (Å²) in [5.74, 6) is 1.73. The lowest BCUT2D eigenvalue weighted by atomic mass is 9.89. The van der Waals surface area contributed by atoms with E-state index in [0.29, 0.717) is 6.54 Å². The Morgan fingerprint density at radius 1 is 1.35 bits per heavy atom. The van der Waals surface area contributed by atoms with Crippen LogP contribution in [0.5, 0.6) is 5.75 Å². The molecule has 1 heterocycles. The van der Waals surface area contributed by atoms with Gasteiger partial charge in [-0.15, -0.1) is 0 Å². The predicted molar refractivity (Wildman–Crippen MR) is 94.1 cm³/mol. The zero-order chi connectivity index (χ0) is 16.9. The highest BCUT2D eigenvalue weighted by Crippen LogP contribution is 2.25. The highest BCUT2D eigenvalue weighted by atomic mass is 16.5. The second-order valence-electron chi connectivity index (χ2n) is 6.86. The van der Waals surface area contributed by atoms with Gasteiger partial charge in [0.05, 0.1) is 19.3 Å². The third-order valence-electron chi connectivity index (χ3n) is 3.84. The summed E-state index contributed by atoms with van der Waals surface area (Å²) in [6.07, 6.45) is 0.159. The van der Waals surface area contributed by atoms with Gasteiger partial charge in [-0.25, -0.2) is 0 Å². The highest BCUT2D eigenvalue weighted by Gasteiger charge is 2.33.